The molecule has 6 heteroatoms. The number of piperidine rings is 1. The van der Waals surface area contributed by atoms with E-state index in [1.807, 2.05) is 0 Å². The number of aryl methyl sites for hydroxylation is 1. The lowest BCUT2D eigenvalue weighted by atomic mass is 10.1. The fraction of sp³-hybridized carbons (Fsp3) is 0.692. The van der Waals surface area contributed by atoms with Gasteiger partial charge in [-0.25, -0.2) is 0 Å². The third kappa shape index (κ3) is 3.26. The van der Waals surface area contributed by atoms with Crippen molar-refractivity contribution in [2.24, 2.45) is 7.05 Å². The summed E-state index contributed by atoms with van der Waals surface area (Å²) in [6.45, 7) is 5.06. The molecule has 0 saturated carbocycles. The lowest BCUT2D eigenvalue weighted by Crippen LogP contribution is -2.44. The van der Waals surface area contributed by atoms with E-state index in [0.29, 0.717) is 24.0 Å². The van der Waals surface area contributed by atoms with E-state index in [9.17, 15) is 4.79 Å². The second kappa shape index (κ2) is 6.06. The Bertz CT molecular complexity index is 436. The molecule has 0 spiro atoms. The Hall–Kier alpha value is -1.56. The van der Waals surface area contributed by atoms with Gasteiger partial charge in [-0.15, -0.1) is 0 Å². The first kappa shape index (κ1) is 13.9. The number of carbonyl (C=O) groups is 1. The second-order valence-corrected chi connectivity index (χ2v) is 5.22. The summed E-state index contributed by atoms with van der Waals surface area (Å²) in [5, 5.41) is 6.91. The van der Waals surface area contributed by atoms with Crippen LogP contribution in [0.1, 0.15) is 36.5 Å². The highest BCUT2D eigenvalue weighted by atomic mass is 16.1. The van der Waals surface area contributed by atoms with E-state index in [1.54, 1.807) is 7.05 Å². The molecule has 1 saturated heterocycles. The highest BCUT2D eigenvalue weighted by Crippen LogP contribution is 2.12. The Kier molecular flexibility index (Phi) is 4.42. The maximum absolute atomic E-state index is 12.0. The molecule has 0 aromatic carbocycles. The third-order valence-electron chi connectivity index (χ3n) is 3.80. The summed E-state index contributed by atoms with van der Waals surface area (Å²) in [5.74, 6) is 0.262. The highest BCUT2D eigenvalue weighted by Gasteiger charge is 2.19. The lowest BCUT2D eigenvalue weighted by Gasteiger charge is -2.32. The topological polar surface area (TPSA) is 76.2 Å². The molecule has 1 unspecified atom stereocenters. The highest BCUT2D eigenvalue weighted by molar-refractivity contribution is 5.98. The molecule has 1 aromatic heterocycles. The van der Waals surface area contributed by atoms with Gasteiger partial charge in [0.1, 0.15) is 11.4 Å². The molecular formula is C13H23N5O. The van der Waals surface area contributed by atoms with Crippen LogP contribution >= 0.6 is 0 Å². The number of nitrogen functional groups attached to an aromatic ring is 1. The van der Waals surface area contributed by atoms with Crippen molar-refractivity contribution < 1.29 is 4.79 Å². The molecule has 19 heavy (non-hydrogen) atoms. The summed E-state index contributed by atoms with van der Waals surface area (Å²) in [4.78, 5) is 14.4. The second-order valence-electron chi connectivity index (χ2n) is 5.22. The number of nitrogens with two attached hydrogens (primary N) is 1. The van der Waals surface area contributed by atoms with Gasteiger partial charge in [-0.2, -0.15) is 5.10 Å². The normalized spacial score (nSPS) is 18.2. The first-order valence-corrected chi connectivity index (χ1v) is 6.89. The van der Waals surface area contributed by atoms with Gasteiger partial charge in [0.2, 0.25) is 0 Å². The van der Waals surface area contributed by atoms with Crippen LogP contribution in [0.4, 0.5) is 5.82 Å². The van der Waals surface area contributed by atoms with Crippen molar-refractivity contribution in [1.82, 2.24) is 20.0 Å². The average Bonchev–Trinajstić information content (AvgIpc) is 2.77. The Morgan fingerprint density at radius 2 is 2.16 bits per heavy atom. The minimum absolute atomic E-state index is 0.144. The SMILES string of the molecule is CC(CNC(=O)c1cnn(C)c1N)N1CCCCC1. The van der Waals surface area contributed by atoms with Crippen molar-refractivity contribution in [1.29, 1.82) is 0 Å². The maximum Gasteiger partial charge on any atom is 0.256 e. The van der Waals surface area contributed by atoms with E-state index in [0.717, 1.165) is 13.1 Å². The third-order valence-corrected chi connectivity index (χ3v) is 3.80. The monoisotopic (exact) mass is 265 g/mol. The van der Waals surface area contributed by atoms with Crippen molar-refractivity contribution in [2.75, 3.05) is 25.4 Å². The molecule has 1 fully saturated rings. The molecule has 0 aliphatic carbocycles. The Labute approximate surface area is 113 Å². The van der Waals surface area contributed by atoms with Gasteiger partial charge in [-0.3, -0.25) is 14.4 Å². The number of hydrogen-bond acceptors (Lipinski definition) is 4. The van der Waals surface area contributed by atoms with Gasteiger partial charge in [0.15, 0.2) is 0 Å². The van der Waals surface area contributed by atoms with Crippen LogP contribution in [0.5, 0.6) is 0 Å². The summed E-state index contributed by atoms with van der Waals surface area (Å²) in [6.07, 6.45) is 5.35. The van der Waals surface area contributed by atoms with E-state index in [-0.39, 0.29) is 5.91 Å². The quantitative estimate of drug-likeness (QED) is 0.836. The van der Waals surface area contributed by atoms with Crippen LogP contribution in [0.25, 0.3) is 0 Å². The summed E-state index contributed by atoms with van der Waals surface area (Å²) in [7, 11) is 1.72. The maximum atomic E-state index is 12.0. The molecule has 6 nitrogen and oxygen atoms in total. The molecule has 1 amide bonds. The fourth-order valence-electron chi connectivity index (χ4n) is 2.45. The molecule has 1 aromatic rings. The smallest absolute Gasteiger partial charge is 0.256 e. The first-order valence-electron chi connectivity index (χ1n) is 6.89. The zero-order valence-electron chi connectivity index (χ0n) is 11.7. The van der Waals surface area contributed by atoms with Gasteiger partial charge in [0.05, 0.1) is 6.20 Å². The number of carbonyl (C=O) groups excluding carboxylic acids is 1. The van der Waals surface area contributed by atoms with Crippen molar-refractivity contribution in [3.05, 3.63) is 11.8 Å². The van der Waals surface area contributed by atoms with Crippen molar-refractivity contribution >= 4 is 11.7 Å². The molecule has 106 valence electrons. The zero-order chi connectivity index (χ0) is 13.8. The number of nitrogens with zero attached hydrogens (tertiary/aromatic N) is 3. The van der Waals surface area contributed by atoms with Crippen LogP contribution < -0.4 is 11.1 Å². The van der Waals surface area contributed by atoms with Gasteiger partial charge in [-0.05, 0) is 32.9 Å². The standard InChI is InChI=1S/C13H23N5O/c1-10(18-6-4-3-5-7-18)8-15-13(19)11-9-16-17(2)12(11)14/h9-10H,3-8,14H2,1-2H3,(H,15,19). The molecule has 0 radical (unpaired) electrons. The van der Waals surface area contributed by atoms with E-state index in [1.165, 1.54) is 30.1 Å². The van der Waals surface area contributed by atoms with Gasteiger partial charge < -0.3 is 11.1 Å². The molecule has 1 aliphatic rings. The van der Waals surface area contributed by atoms with Gasteiger partial charge >= 0.3 is 0 Å². The van der Waals surface area contributed by atoms with Crippen LogP contribution in [-0.4, -0.2) is 46.3 Å². The van der Waals surface area contributed by atoms with E-state index >= 15 is 0 Å². The molecule has 1 aliphatic heterocycles. The number of rotatable bonds is 4. The summed E-state index contributed by atoms with van der Waals surface area (Å²) >= 11 is 0. The molecule has 2 rings (SSSR count). The molecular weight excluding hydrogens is 242 g/mol. The molecule has 2 heterocycles. The fourth-order valence-corrected chi connectivity index (χ4v) is 2.45. The van der Waals surface area contributed by atoms with Crippen molar-refractivity contribution in [3.63, 3.8) is 0 Å². The Morgan fingerprint density at radius 3 is 2.74 bits per heavy atom. The van der Waals surface area contributed by atoms with Crippen LogP contribution in [0, 0.1) is 0 Å². The van der Waals surface area contributed by atoms with Crippen LogP contribution in [0.2, 0.25) is 0 Å². The Morgan fingerprint density at radius 1 is 1.47 bits per heavy atom. The van der Waals surface area contributed by atoms with Crippen molar-refractivity contribution in [3.8, 4) is 0 Å². The van der Waals surface area contributed by atoms with E-state index < -0.39 is 0 Å². The summed E-state index contributed by atoms with van der Waals surface area (Å²) in [5.41, 5.74) is 6.23. The number of likely N-dealkylation sites (tertiary alicyclic amines) is 1. The predicted molar refractivity (Wildman–Crippen MR) is 74.8 cm³/mol. The lowest BCUT2D eigenvalue weighted by molar-refractivity contribution is 0.0931. The predicted octanol–water partition coefficient (Wildman–Crippen LogP) is 0.607. The van der Waals surface area contributed by atoms with Crippen LogP contribution in [-0.2, 0) is 7.05 Å². The number of aromatic nitrogens is 2. The van der Waals surface area contributed by atoms with Crippen LogP contribution in [0.15, 0.2) is 6.20 Å². The van der Waals surface area contributed by atoms with Crippen LogP contribution in [0.3, 0.4) is 0 Å². The Balaban J connectivity index is 1.84. The number of amides is 1. The van der Waals surface area contributed by atoms with E-state index in [4.69, 9.17) is 5.73 Å². The largest absolute Gasteiger partial charge is 0.383 e. The summed E-state index contributed by atoms with van der Waals surface area (Å²) in [6, 6.07) is 0.363. The van der Waals surface area contributed by atoms with E-state index in [2.05, 4.69) is 22.2 Å². The molecule has 3 N–H and O–H groups in total. The zero-order valence-corrected chi connectivity index (χ0v) is 11.7. The van der Waals surface area contributed by atoms with Gasteiger partial charge in [0, 0.05) is 19.6 Å². The number of hydrogen-bond donors (Lipinski definition) is 2. The summed E-state index contributed by atoms with van der Waals surface area (Å²) < 4.78 is 1.50. The molecule has 0 bridgehead atoms. The minimum atomic E-state index is -0.144. The average molecular weight is 265 g/mol. The number of nitrogens with one attached hydrogen (secondary N) is 1. The van der Waals surface area contributed by atoms with Crippen molar-refractivity contribution in [2.45, 2.75) is 32.2 Å². The first-order chi connectivity index (χ1) is 9.09. The van der Waals surface area contributed by atoms with Gasteiger partial charge in [-0.1, -0.05) is 6.42 Å². The number of anilines is 1. The molecule has 1 atom stereocenters. The van der Waals surface area contributed by atoms with Gasteiger partial charge in [0.25, 0.3) is 5.91 Å². The minimum Gasteiger partial charge on any atom is -0.383 e.